The molecule has 0 spiro atoms. The lowest BCUT2D eigenvalue weighted by atomic mass is 10.0. The molecule has 0 amide bonds. The van der Waals surface area contributed by atoms with Crippen molar-refractivity contribution in [3.05, 3.63) is 82.0 Å². The van der Waals surface area contributed by atoms with Crippen LogP contribution >= 0.6 is 11.3 Å². The fourth-order valence-electron chi connectivity index (χ4n) is 3.61. The Morgan fingerprint density at radius 2 is 1.87 bits per heavy atom. The molecule has 0 fully saturated rings. The smallest absolute Gasteiger partial charge is 0.263 e. The van der Waals surface area contributed by atoms with E-state index in [1.165, 1.54) is 22.2 Å². The van der Waals surface area contributed by atoms with Crippen molar-refractivity contribution in [2.45, 2.75) is 13.5 Å². The lowest BCUT2D eigenvalue weighted by molar-refractivity contribution is 0.369. The van der Waals surface area contributed by atoms with Gasteiger partial charge in [-0.3, -0.25) is 9.36 Å². The van der Waals surface area contributed by atoms with Crippen LogP contribution in [-0.4, -0.2) is 26.8 Å². The van der Waals surface area contributed by atoms with E-state index in [9.17, 15) is 4.79 Å². The van der Waals surface area contributed by atoms with Gasteiger partial charge >= 0.3 is 0 Å². The minimum atomic E-state index is -0.134. The number of para-hydroxylation sites is 1. The quantitative estimate of drug-likeness (QED) is 0.407. The average molecular weight is 430 g/mol. The summed E-state index contributed by atoms with van der Waals surface area (Å²) in [5, 5.41) is 4.66. The molecule has 0 saturated carbocycles. The Morgan fingerprint density at radius 3 is 2.68 bits per heavy atom. The maximum absolute atomic E-state index is 13.3. The highest BCUT2D eigenvalue weighted by molar-refractivity contribution is 7.19. The average Bonchev–Trinajstić information content (AvgIpc) is 3.40. The number of aryl methyl sites for hydroxylation is 1. The summed E-state index contributed by atoms with van der Waals surface area (Å²) in [6, 6.07) is 17.3. The zero-order chi connectivity index (χ0) is 21.4. The number of fused-ring (bicyclic) bond motifs is 1. The van der Waals surface area contributed by atoms with Crippen molar-refractivity contribution >= 4 is 21.6 Å². The molecule has 0 bridgehead atoms. The number of ether oxygens (including phenoxy) is 1. The number of aromatic nitrogens is 4. The second-order valence-corrected chi connectivity index (χ2v) is 8.17. The van der Waals surface area contributed by atoms with Gasteiger partial charge in [0.25, 0.3) is 5.56 Å². The van der Waals surface area contributed by atoms with Crippen LogP contribution in [0.4, 0.5) is 0 Å². The first-order chi connectivity index (χ1) is 15.2. The molecule has 7 nitrogen and oxygen atoms in total. The molecule has 0 saturated heterocycles. The molecule has 3 aromatic heterocycles. The Labute approximate surface area is 181 Å². The van der Waals surface area contributed by atoms with Gasteiger partial charge in [-0.05, 0) is 24.6 Å². The van der Waals surface area contributed by atoms with E-state index < -0.39 is 0 Å². The van der Waals surface area contributed by atoms with Gasteiger partial charge in [-0.15, -0.1) is 11.3 Å². The number of hydrogen-bond donors (Lipinski definition) is 0. The van der Waals surface area contributed by atoms with E-state index in [1.54, 1.807) is 7.11 Å². The van der Waals surface area contributed by atoms with Gasteiger partial charge in [-0.1, -0.05) is 47.6 Å². The van der Waals surface area contributed by atoms with Crippen LogP contribution in [-0.2, 0) is 6.54 Å². The fourth-order valence-corrected chi connectivity index (χ4v) is 4.61. The maximum Gasteiger partial charge on any atom is 0.263 e. The molecule has 5 rings (SSSR count). The molecule has 3 heterocycles. The predicted molar refractivity (Wildman–Crippen MR) is 119 cm³/mol. The lowest BCUT2D eigenvalue weighted by Gasteiger charge is -2.04. The predicted octanol–water partition coefficient (Wildman–Crippen LogP) is 4.54. The minimum Gasteiger partial charge on any atom is -0.496 e. The van der Waals surface area contributed by atoms with Crippen molar-refractivity contribution < 1.29 is 9.26 Å². The fraction of sp³-hybridized carbons (Fsp3) is 0.130. The summed E-state index contributed by atoms with van der Waals surface area (Å²) in [5.74, 6) is 1.37. The van der Waals surface area contributed by atoms with Crippen LogP contribution < -0.4 is 10.3 Å². The van der Waals surface area contributed by atoms with E-state index in [0.717, 1.165) is 26.4 Å². The van der Waals surface area contributed by atoms with Gasteiger partial charge in [-0.2, -0.15) is 4.98 Å². The largest absolute Gasteiger partial charge is 0.496 e. The first kappa shape index (κ1) is 19.2. The molecule has 8 heteroatoms. The van der Waals surface area contributed by atoms with Crippen molar-refractivity contribution in [1.82, 2.24) is 19.7 Å². The number of benzene rings is 2. The van der Waals surface area contributed by atoms with Crippen LogP contribution in [0.3, 0.4) is 0 Å². The molecule has 0 aliphatic rings. The molecule has 2 aromatic carbocycles. The topological polar surface area (TPSA) is 83.0 Å². The van der Waals surface area contributed by atoms with Gasteiger partial charge in [0, 0.05) is 10.4 Å². The summed E-state index contributed by atoms with van der Waals surface area (Å²) in [6.07, 6.45) is 1.53. The Bertz CT molecular complexity index is 1440. The molecule has 154 valence electrons. The third-order valence-corrected chi connectivity index (χ3v) is 6.05. The Kier molecular flexibility index (Phi) is 4.83. The first-order valence-corrected chi connectivity index (χ1v) is 10.5. The van der Waals surface area contributed by atoms with Crippen molar-refractivity contribution in [3.63, 3.8) is 0 Å². The molecule has 0 radical (unpaired) electrons. The van der Waals surface area contributed by atoms with Crippen LogP contribution in [0, 0.1) is 6.92 Å². The molecule has 0 atom stereocenters. The zero-order valence-electron chi connectivity index (χ0n) is 16.9. The van der Waals surface area contributed by atoms with Crippen LogP contribution in [0.15, 0.2) is 70.2 Å². The lowest BCUT2D eigenvalue weighted by Crippen LogP contribution is -2.21. The second-order valence-electron chi connectivity index (χ2n) is 6.97. The normalized spacial score (nSPS) is 11.2. The molecular weight excluding hydrogens is 412 g/mol. The van der Waals surface area contributed by atoms with E-state index >= 15 is 0 Å². The van der Waals surface area contributed by atoms with E-state index in [4.69, 9.17) is 9.26 Å². The highest BCUT2D eigenvalue weighted by Crippen LogP contribution is 2.35. The van der Waals surface area contributed by atoms with Gasteiger partial charge in [-0.25, -0.2) is 4.98 Å². The molecule has 5 aromatic rings. The van der Waals surface area contributed by atoms with Gasteiger partial charge < -0.3 is 9.26 Å². The summed E-state index contributed by atoms with van der Waals surface area (Å²) < 4.78 is 12.3. The third-order valence-electron chi connectivity index (χ3n) is 5.04. The van der Waals surface area contributed by atoms with Gasteiger partial charge in [0.15, 0.2) is 0 Å². The molecule has 31 heavy (non-hydrogen) atoms. The summed E-state index contributed by atoms with van der Waals surface area (Å²) in [7, 11) is 1.59. The first-order valence-electron chi connectivity index (χ1n) is 9.65. The van der Waals surface area contributed by atoms with Gasteiger partial charge in [0.1, 0.15) is 17.1 Å². The van der Waals surface area contributed by atoms with Gasteiger partial charge in [0.05, 0.1) is 24.4 Å². The molecule has 0 aliphatic carbocycles. The van der Waals surface area contributed by atoms with E-state index in [1.807, 2.05) is 61.5 Å². The number of hydrogen-bond acceptors (Lipinski definition) is 7. The molecule has 0 N–H and O–H groups in total. The second kappa shape index (κ2) is 7.81. The number of methoxy groups -OCH3 is 1. The summed E-state index contributed by atoms with van der Waals surface area (Å²) in [6.45, 7) is 2.14. The molecule has 0 unspecified atom stereocenters. The highest BCUT2D eigenvalue weighted by Gasteiger charge is 2.18. The van der Waals surface area contributed by atoms with Crippen LogP contribution in [0.1, 0.15) is 10.8 Å². The number of nitrogens with zero attached hydrogens (tertiary/aromatic N) is 4. The zero-order valence-corrected chi connectivity index (χ0v) is 17.7. The van der Waals surface area contributed by atoms with Crippen LogP contribution in [0.25, 0.3) is 32.7 Å². The van der Waals surface area contributed by atoms with Crippen LogP contribution in [0.2, 0.25) is 0 Å². The van der Waals surface area contributed by atoms with E-state index in [0.29, 0.717) is 22.9 Å². The Morgan fingerprint density at radius 1 is 1.10 bits per heavy atom. The monoisotopic (exact) mass is 430 g/mol. The van der Waals surface area contributed by atoms with Crippen molar-refractivity contribution in [2.24, 2.45) is 0 Å². The van der Waals surface area contributed by atoms with Gasteiger partial charge in [0.2, 0.25) is 11.7 Å². The van der Waals surface area contributed by atoms with Crippen LogP contribution in [0.5, 0.6) is 5.75 Å². The molecular formula is C23H18N4O3S. The Hall–Kier alpha value is -3.78. The molecule has 0 aliphatic heterocycles. The standard InChI is InChI=1S/C23H18N4O3S/c1-14-19(15-8-4-3-5-9-15)20-22(31-14)24-13-27(23(20)28)12-18-25-21(26-30-18)16-10-6-7-11-17(16)29-2/h3-11,13H,12H2,1-2H3. The third kappa shape index (κ3) is 3.40. The minimum absolute atomic E-state index is 0.132. The summed E-state index contributed by atoms with van der Waals surface area (Å²) in [5.41, 5.74) is 2.51. The van der Waals surface area contributed by atoms with Crippen molar-refractivity contribution in [1.29, 1.82) is 0 Å². The summed E-state index contributed by atoms with van der Waals surface area (Å²) in [4.78, 5) is 24.1. The number of rotatable bonds is 5. The number of thiophene rings is 1. The maximum atomic E-state index is 13.3. The van der Waals surface area contributed by atoms with E-state index in [-0.39, 0.29) is 12.1 Å². The SMILES string of the molecule is COc1ccccc1-c1noc(Cn2cnc3sc(C)c(-c4ccccc4)c3c2=O)n1. The van der Waals surface area contributed by atoms with E-state index in [2.05, 4.69) is 15.1 Å². The Balaban J connectivity index is 1.55. The van der Waals surface area contributed by atoms with Crippen molar-refractivity contribution in [3.8, 4) is 28.3 Å². The summed E-state index contributed by atoms with van der Waals surface area (Å²) >= 11 is 1.52. The van der Waals surface area contributed by atoms with Crippen molar-refractivity contribution in [2.75, 3.05) is 7.11 Å². The highest BCUT2D eigenvalue weighted by atomic mass is 32.1.